The summed E-state index contributed by atoms with van der Waals surface area (Å²) in [4.78, 5) is 9.53. The molecule has 0 heterocycles. The van der Waals surface area contributed by atoms with Crippen molar-refractivity contribution in [3.8, 4) is 0 Å². The smallest absolute Gasteiger partial charge is 0.747 e. The van der Waals surface area contributed by atoms with Gasteiger partial charge in [-0.2, -0.15) is 0 Å². The molecule has 0 spiro atoms. The Balaban J connectivity index is 0. The average molecular weight is 175 g/mol. The zero-order valence-electron chi connectivity index (χ0n) is 5.53. The molecule has 0 atom stereocenters. The van der Waals surface area contributed by atoms with E-state index in [9.17, 15) is 17.8 Å². The Morgan fingerprint density at radius 3 is 2.30 bits per heavy atom. The molecule has 0 radical (unpaired) electrons. The Hall–Kier alpha value is 0.540. The second-order valence-corrected chi connectivity index (χ2v) is 2.73. The molecule has 0 aliphatic carbocycles. The minimum absolute atomic E-state index is 0. The molecule has 0 aromatic carbocycles. The zero-order valence-corrected chi connectivity index (χ0v) is 8.35. The first-order valence-corrected chi connectivity index (χ1v) is 3.72. The molecule has 54 valence electrons. The van der Waals surface area contributed by atoms with Gasteiger partial charge in [0.15, 0.2) is 0 Å². The molecule has 0 fully saturated rings. The largest absolute Gasteiger partial charge is 1.00 e. The summed E-state index contributed by atoms with van der Waals surface area (Å²) in [6.07, 6.45) is 0.477. The van der Waals surface area contributed by atoms with Crippen molar-refractivity contribution >= 4 is 16.4 Å². The summed E-state index contributed by atoms with van der Waals surface area (Å²) in [6, 6.07) is 0. The van der Waals surface area contributed by atoms with Crippen LogP contribution in [0, 0.1) is 0 Å². The van der Waals surface area contributed by atoms with E-state index in [1.54, 1.807) is 0 Å². The summed E-state index contributed by atoms with van der Waals surface area (Å²) in [7, 11) is -4.22. The maximum Gasteiger partial charge on any atom is 1.00 e. The van der Waals surface area contributed by atoms with Gasteiger partial charge in [-0.25, -0.2) is 8.42 Å². The van der Waals surface area contributed by atoms with E-state index < -0.39 is 16.0 Å². The molecular formula is C3H6NNaO4S. The number of hydrogen-bond acceptors (Lipinski definition) is 5. The minimum Gasteiger partial charge on any atom is -0.747 e. The van der Waals surface area contributed by atoms with Crippen molar-refractivity contribution in [1.82, 2.24) is 5.32 Å². The summed E-state index contributed by atoms with van der Waals surface area (Å²) < 4.78 is 29.3. The molecule has 0 rings (SSSR count). The maximum atomic E-state index is 9.77. The molecule has 0 unspecified atom stereocenters. The van der Waals surface area contributed by atoms with Crippen molar-refractivity contribution in [1.29, 1.82) is 0 Å². The molecule has 0 aliphatic heterocycles. The van der Waals surface area contributed by atoms with E-state index >= 15 is 0 Å². The zero-order chi connectivity index (χ0) is 7.33. The van der Waals surface area contributed by atoms with Crippen LogP contribution in [0.25, 0.3) is 0 Å². The fourth-order valence-corrected chi connectivity index (χ4v) is 0.611. The van der Waals surface area contributed by atoms with Crippen LogP contribution >= 0.6 is 0 Å². The maximum absolute atomic E-state index is 9.77. The van der Waals surface area contributed by atoms with E-state index in [1.807, 2.05) is 0 Å². The van der Waals surface area contributed by atoms with Gasteiger partial charge in [-0.05, 0) is 0 Å². The van der Waals surface area contributed by atoms with Crippen molar-refractivity contribution in [2.75, 3.05) is 12.4 Å². The molecule has 7 heteroatoms. The quantitative estimate of drug-likeness (QED) is 0.201. The fraction of sp³-hybridized carbons (Fsp3) is 0.667. The van der Waals surface area contributed by atoms with Crippen LogP contribution in [0.15, 0.2) is 0 Å². The summed E-state index contributed by atoms with van der Waals surface area (Å²) in [6.45, 7) is -0.110. The predicted molar refractivity (Wildman–Crippen MR) is 28.6 cm³/mol. The van der Waals surface area contributed by atoms with E-state index in [4.69, 9.17) is 0 Å². The van der Waals surface area contributed by atoms with E-state index in [0.29, 0.717) is 6.29 Å². The molecule has 1 N–H and O–H groups in total. The molecule has 0 aromatic rings. The van der Waals surface area contributed by atoms with Crippen LogP contribution < -0.4 is 34.9 Å². The monoisotopic (exact) mass is 175 g/mol. The predicted octanol–water partition coefficient (Wildman–Crippen LogP) is -4.72. The van der Waals surface area contributed by atoms with Gasteiger partial charge in [0.2, 0.25) is 0 Å². The molecule has 0 saturated heterocycles. The van der Waals surface area contributed by atoms with Gasteiger partial charge in [0, 0.05) is 0 Å². The Kier molecular flexibility index (Phi) is 8.24. The molecule has 0 aromatic heterocycles. The third-order valence-corrected chi connectivity index (χ3v) is 1.06. The second-order valence-electron chi connectivity index (χ2n) is 1.32. The van der Waals surface area contributed by atoms with Crippen LogP contribution in [0.3, 0.4) is 0 Å². The number of aldehydes is 1. The van der Waals surface area contributed by atoms with Gasteiger partial charge in [0.05, 0.1) is 12.4 Å². The van der Waals surface area contributed by atoms with E-state index in [-0.39, 0.29) is 36.1 Å². The Morgan fingerprint density at radius 2 is 2.00 bits per heavy atom. The summed E-state index contributed by atoms with van der Waals surface area (Å²) in [5.41, 5.74) is 0. The minimum atomic E-state index is -4.22. The van der Waals surface area contributed by atoms with Crippen molar-refractivity contribution in [2.45, 2.75) is 0 Å². The van der Waals surface area contributed by atoms with Gasteiger partial charge < -0.3 is 9.35 Å². The first kappa shape index (κ1) is 13.2. The fourth-order valence-electron chi connectivity index (χ4n) is 0.243. The first-order chi connectivity index (χ1) is 4.06. The van der Waals surface area contributed by atoms with Gasteiger partial charge in [-0.1, -0.05) is 0 Å². The van der Waals surface area contributed by atoms with Gasteiger partial charge in [-0.3, -0.25) is 5.32 Å². The Labute approximate surface area is 81.2 Å². The number of nitrogens with one attached hydrogen (secondary N) is 1. The van der Waals surface area contributed by atoms with Crippen LogP contribution in [-0.2, 0) is 14.9 Å². The van der Waals surface area contributed by atoms with Gasteiger partial charge in [-0.15, -0.1) is 0 Å². The molecule has 10 heavy (non-hydrogen) atoms. The van der Waals surface area contributed by atoms with Crippen molar-refractivity contribution in [2.24, 2.45) is 0 Å². The van der Waals surface area contributed by atoms with Crippen LogP contribution in [0.2, 0.25) is 0 Å². The van der Waals surface area contributed by atoms with Gasteiger partial charge in [0.25, 0.3) is 0 Å². The van der Waals surface area contributed by atoms with Crippen LogP contribution in [0.4, 0.5) is 0 Å². The van der Waals surface area contributed by atoms with E-state index in [1.165, 1.54) is 0 Å². The third-order valence-electron chi connectivity index (χ3n) is 0.507. The Bertz CT molecular complexity index is 177. The number of carbonyl (C=O) groups is 1. The van der Waals surface area contributed by atoms with Crippen LogP contribution in [0.1, 0.15) is 0 Å². The molecule has 0 amide bonds. The standard InChI is InChI=1S/C3H7NO4S.Na/c5-2-1-4-3-9(6,7)8;/h2,4H,1,3H2,(H,6,7,8);/q;+1/p-1. The first-order valence-electron chi connectivity index (χ1n) is 2.14. The van der Waals surface area contributed by atoms with Crippen LogP contribution in [-0.4, -0.2) is 31.7 Å². The molecule has 0 aliphatic rings. The number of carbonyl (C=O) groups excluding carboxylic acids is 1. The summed E-state index contributed by atoms with van der Waals surface area (Å²) in [5, 5.41) is 2.11. The average Bonchev–Trinajstić information content (AvgIpc) is 1.63. The van der Waals surface area contributed by atoms with E-state index in [2.05, 4.69) is 5.32 Å². The molecule has 0 bridgehead atoms. The van der Waals surface area contributed by atoms with Gasteiger partial charge in [0.1, 0.15) is 16.4 Å². The molecule has 5 nitrogen and oxygen atoms in total. The topological polar surface area (TPSA) is 86.3 Å². The second kappa shape index (κ2) is 6.26. The van der Waals surface area contributed by atoms with Crippen LogP contribution in [0.5, 0.6) is 0 Å². The Morgan fingerprint density at radius 1 is 1.50 bits per heavy atom. The third kappa shape index (κ3) is 11.4. The van der Waals surface area contributed by atoms with E-state index in [0.717, 1.165) is 0 Å². The summed E-state index contributed by atoms with van der Waals surface area (Å²) in [5.74, 6) is -0.689. The number of hydrogen-bond donors (Lipinski definition) is 1. The summed E-state index contributed by atoms with van der Waals surface area (Å²) >= 11 is 0. The molecular weight excluding hydrogens is 169 g/mol. The molecule has 0 saturated carbocycles. The SMILES string of the molecule is O=CCNCS(=O)(=O)[O-].[Na+]. The van der Waals surface area contributed by atoms with Crippen molar-refractivity contribution in [3.05, 3.63) is 0 Å². The normalized spacial score (nSPS) is 10.1. The van der Waals surface area contributed by atoms with Crippen molar-refractivity contribution in [3.63, 3.8) is 0 Å². The van der Waals surface area contributed by atoms with Crippen molar-refractivity contribution < 1.29 is 47.3 Å². The number of rotatable bonds is 4. The van der Waals surface area contributed by atoms with Gasteiger partial charge >= 0.3 is 29.6 Å².